The zero-order valence-corrected chi connectivity index (χ0v) is 18.1. The number of hydrogen-bond acceptors (Lipinski definition) is 5. The summed E-state index contributed by atoms with van der Waals surface area (Å²) in [5, 5.41) is 9.55. The summed E-state index contributed by atoms with van der Waals surface area (Å²) in [6.07, 6.45) is 1.77. The molecule has 0 aliphatic rings. The number of rotatable bonds is 7. The molecular formula is C27H21N3OS. The van der Waals surface area contributed by atoms with Gasteiger partial charge in [-0.05, 0) is 34.0 Å². The predicted octanol–water partition coefficient (Wildman–Crippen LogP) is 6.99. The van der Waals surface area contributed by atoms with Crippen LogP contribution >= 0.6 is 11.3 Å². The average molecular weight is 436 g/mol. The van der Waals surface area contributed by atoms with Gasteiger partial charge in [-0.15, -0.1) is 11.3 Å². The fraction of sp³-hybridized carbons (Fsp3) is 0.0370. The van der Waals surface area contributed by atoms with Gasteiger partial charge in [0.15, 0.2) is 0 Å². The van der Waals surface area contributed by atoms with Crippen molar-refractivity contribution >= 4 is 33.5 Å². The summed E-state index contributed by atoms with van der Waals surface area (Å²) < 4.78 is 6.07. The van der Waals surface area contributed by atoms with Crippen LogP contribution in [0.2, 0.25) is 0 Å². The second-order valence-electron chi connectivity index (χ2n) is 7.27. The first-order valence-corrected chi connectivity index (χ1v) is 11.2. The first kappa shape index (κ1) is 20.0. The summed E-state index contributed by atoms with van der Waals surface area (Å²) in [6.45, 7) is 0.515. The zero-order chi connectivity index (χ0) is 21.6. The largest absolute Gasteiger partial charge is 0.489 e. The molecule has 0 amide bonds. The third-order valence-electron chi connectivity index (χ3n) is 5.08. The number of nitrogens with one attached hydrogen (secondary N) is 1. The van der Waals surface area contributed by atoms with Gasteiger partial charge in [-0.25, -0.2) is 4.98 Å². The van der Waals surface area contributed by atoms with Crippen LogP contribution < -0.4 is 10.2 Å². The molecule has 0 aliphatic heterocycles. The monoisotopic (exact) mass is 435 g/mol. The molecule has 0 saturated carbocycles. The smallest absolute Gasteiger partial charge is 0.203 e. The van der Waals surface area contributed by atoms with E-state index in [1.54, 1.807) is 6.21 Å². The zero-order valence-electron chi connectivity index (χ0n) is 17.3. The van der Waals surface area contributed by atoms with E-state index in [2.05, 4.69) is 58.0 Å². The normalized spacial score (nSPS) is 11.1. The fourth-order valence-electron chi connectivity index (χ4n) is 3.49. The van der Waals surface area contributed by atoms with Crippen LogP contribution in [-0.4, -0.2) is 11.2 Å². The summed E-state index contributed by atoms with van der Waals surface area (Å²) >= 11 is 1.53. The van der Waals surface area contributed by atoms with E-state index < -0.39 is 0 Å². The summed E-state index contributed by atoms with van der Waals surface area (Å²) in [5.41, 5.74) is 7.17. The van der Waals surface area contributed by atoms with Crippen molar-refractivity contribution in [2.24, 2.45) is 5.10 Å². The van der Waals surface area contributed by atoms with E-state index in [0.717, 1.165) is 27.7 Å². The maximum Gasteiger partial charge on any atom is 0.203 e. The van der Waals surface area contributed by atoms with Gasteiger partial charge in [-0.1, -0.05) is 84.9 Å². The number of thiazole rings is 1. The van der Waals surface area contributed by atoms with Crippen LogP contribution in [0.3, 0.4) is 0 Å². The van der Waals surface area contributed by atoms with E-state index in [0.29, 0.717) is 6.61 Å². The molecule has 0 radical (unpaired) electrons. The van der Waals surface area contributed by atoms with Crippen LogP contribution in [0.4, 0.5) is 5.13 Å². The molecule has 5 heteroatoms. The Kier molecular flexibility index (Phi) is 5.90. The Labute approximate surface area is 190 Å². The van der Waals surface area contributed by atoms with E-state index in [9.17, 15) is 0 Å². The molecule has 1 heterocycles. The van der Waals surface area contributed by atoms with E-state index in [1.165, 1.54) is 27.7 Å². The maximum absolute atomic E-state index is 6.07. The molecule has 5 aromatic rings. The highest BCUT2D eigenvalue weighted by molar-refractivity contribution is 7.14. The molecule has 32 heavy (non-hydrogen) atoms. The summed E-state index contributed by atoms with van der Waals surface area (Å²) in [4.78, 5) is 4.59. The van der Waals surface area contributed by atoms with Crippen molar-refractivity contribution in [2.45, 2.75) is 6.61 Å². The Bertz CT molecular complexity index is 1360. The third-order valence-corrected chi connectivity index (χ3v) is 5.83. The number of aromatic nitrogens is 1. The van der Waals surface area contributed by atoms with Crippen molar-refractivity contribution in [3.8, 4) is 17.0 Å². The first-order chi connectivity index (χ1) is 15.8. The number of benzene rings is 4. The summed E-state index contributed by atoms with van der Waals surface area (Å²) in [6, 6.07) is 32.7. The van der Waals surface area contributed by atoms with Crippen LogP contribution in [0, 0.1) is 0 Å². The lowest BCUT2D eigenvalue weighted by Crippen LogP contribution is -1.97. The molecule has 0 fully saturated rings. The molecule has 5 rings (SSSR count). The quantitative estimate of drug-likeness (QED) is 0.221. The lowest BCUT2D eigenvalue weighted by molar-refractivity contribution is 0.307. The van der Waals surface area contributed by atoms with E-state index in [4.69, 9.17) is 4.74 Å². The molecule has 1 N–H and O–H groups in total. The topological polar surface area (TPSA) is 46.5 Å². The minimum absolute atomic E-state index is 0.515. The number of hydrogen-bond donors (Lipinski definition) is 1. The molecule has 0 unspecified atom stereocenters. The van der Waals surface area contributed by atoms with Crippen molar-refractivity contribution in [1.29, 1.82) is 0 Å². The molecule has 4 aromatic carbocycles. The number of ether oxygens (including phenoxy) is 1. The number of hydrazone groups is 1. The van der Waals surface area contributed by atoms with E-state index in [-0.39, 0.29) is 0 Å². The van der Waals surface area contributed by atoms with Crippen molar-refractivity contribution in [3.63, 3.8) is 0 Å². The first-order valence-electron chi connectivity index (χ1n) is 10.3. The SMILES string of the molecule is C(=NNc1nc(-c2ccccc2)cs1)c1cccc(OCc2cccc3ccccc23)c1. The molecule has 0 saturated heterocycles. The summed E-state index contributed by atoms with van der Waals surface area (Å²) in [7, 11) is 0. The molecule has 0 bridgehead atoms. The van der Waals surface area contributed by atoms with Crippen molar-refractivity contribution in [1.82, 2.24) is 4.98 Å². The number of nitrogens with zero attached hydrogens (tertiary/aromatic N) is 2. The molecule has 0 atom stereocenters. The second-order valence-corrected chi connectivity index (χ2v) is 8.13. The van der Waals surface area contributed by atoms with Crippen LogP contribution in [0.25, 0.3) is 22.0 Å². The van der Waals surface area contributed by atoms with Gasteiger partial charge in [-0.3, -0.25) is 5.43 Å². The van der Waals surface area contributed by atoms with E-state index in [1.807, 2.05) is 60.0 Å². The Morgan fingerprint density at radius 3 is 2.62 bits per heavy atom. The van der Waals surface area contributed by atoms with Gasteiger partial charge >= 0.3 is 0 Å². The molecular weight excluding hydrogens is 414 g/mol. The average Bonchev–Trinajstić information content (AvgIpc) is 3.33. The highest BCUT2D eigenvalue weighted by atomic mass is 32.1. The van der Waals surface area contributed by atoms with Crippen molar-refractivity contribution in [3.05, 3.63) is 114 Å². The molecule has 0 aliphatic carbocycles. The minimum Gasteiger partial charge on any atom is -0.489 e. The Hall–Kier alpha value is -3.96. The molecule has 1 aromatic heterocycles. The van der Waals surface area contributed by atoms with Gasteiger partial charge in [-0.2, -0.15) is 5.10 Å². The van der Waals surface area contributed by atoms with Gasteiger partial charge in [0.2, 0.25) is 5.13 Å². The van der Waals surface area contributed by atoms with Crippen LogP contribution in [0.1, 0.15) is 11.1 Å². The van der Waals surface area contributed by atoms with Crippen molar-refractivity contribution in [2.75, 3.05) is 5.43 Å². The highest BCUT2D eigenvalue weighted by Gasteiger charge is 2.04. The van der Waals surface area contributed by atoms with Crippen LogP contribution in [0.15, 0.2) is 108 Å². The predicted molar refractivity (Wildman–Crippen MR) is 133 cm³/mol. The van der Waals surface area contributed by atoms with E-state index >= 15 is 0 Å². The van der Waals surface area contributed by atoms with Crippen molar-refractivity contribution < 1.29 is 4.74 Å². The molecule has 4 nitrogen and oxygen atoms in total. The molecule has 0 spiro atoms. The lowest BCUT2D eigenvalue weighted by atomic mass is 10.1. The van der Waals surface area contributed by atoms with Gasteiger partial charge in [0, 0.05) is 10.9 Å². The third kappa shape index (κ3) is 4.68. The standard InChI is InChI=1S/C27H21N3OS/c1-2-10-22(11-3-1)26-19-32-27(29-26)30-28-17-20-8-6-14-24(16-20)31-18-23-13-7-12-21-9-4-5-15-25(21)23/h1-17,19H,18H2,(H,29,30). The van der Waals surface area contributed by atoms with Crippen LogP contribution in [0.5, 0.6) is 5.75 Å². The van der Waals surface area contributed by atoms with Gasteiger partial charge in [0.1, 0.15) is 12.4 Å². The Morgan fingerprint density at radius 1 is 0.875 bits per heavy atom. The number of fused-ring (bicyclic) bond motifs is 1. The fourth-order valence-corrected chi connectivity index (χ4v) is 4.16. The second kappa shape index (κ2) is 9.45. The van der Waals surface area contributed by atoms with Crippen LogP contribution in [-0.2, 0) is 6.61 Å². The van der Waals surface area contributed by atoms with Gasteiger partial charge in [0.25, 0.3) is 0 Å². The Balaban J connectivity index is 1.22. The number of anilines is 1. The maximum atomic E-state index is 6.07. The Morgan fingerprint density at radius 2 is 1.69 bits per heavy atom. The van der Waals surface area contributed by atoms with Gasteiger partial charge < -0.3 is 4.74 Å². The van der Waals surface area contributed by atoms with Gasteiger partial charge in [0.05, 0.1) is 11.9 Å². The minimum atomic E-state index is 0.515. The highest BCUT2D eigenvalue weighted by Crippen LogP contribution is 2.25. The lowest BCUT2D eigenvalue weighted by Gasteiger charge is -2.09. The molecule has 156 valence electrons. The summed E-state index contributed by atoms with van der Waals surface area (Å²) in [5.74, 6) is 0.808.